The maximum absolute atomic E-state index is 11.8. The van der Waals surface area contributed by atoms with Crippen LogP contribution < -0.4 is 10.1 Å². The molecule has 20 heavy (non-hydrogen) atoms. The Morgan fingerprint density at radius 2 is 1.60 bits per heavy atom. The van der Waals surface area contributed by atoms with Crippen molar-refractivity contribution in [1.29, 1.82) is 0 Å². The molecule has 0 aromatic heterocycles. The number of carbonyl (C=O) groups is 1. The van der Waals surface area contributed by atoms with E-state index in [1.807, 2.05) is 60.7 Å². The summed E-state index contributed by atoms with van der Waals surface area (Å²) in [5, 5.41) is 2.82. The lowest BCUT2D eigenvalue weighted by molar-refractivity contribution is -0.117. The van der Waals surface area contributed by atoms with Crippen molar-refractivity contribution in [1.82, 2.24) is 5.32 Å². The van der Waals surface area contributed by atoms with Gasteiger partial charge in [0.1, 0.15) is 12.4 Å². The number of hydrogen-bond donors (Lipinski definition) is 1. The normalized spacial score (nSPS) is 9.80. The third-order valence-electron chi connectivity index (χ3n) is 2.77. The molecule has 0 fully saturated rings. The summed E-state index contributed by atoms with van der Waals surface area (Å²) < 4.78 is 5.48. The SMILES string of the molecule is C=C(COc1ccccc1)C(=O)NCc1ccccc1. The maximum atomic E-state index is 11.8. The summed E-state index contributed by atoms with van der Waals surface area (Å²) in [5.74, 6) is 0.536. The topological polar surface area (TPSA) is 38.3 Å². The van der Waals surface area contributed by atoms with Crippen LogP contribution in [0.1, 0.15) is 5.56 Å². The van der Waals surface area contributed by atoms with Crippen LogP contribution in [0.5, 0.6) is 5.75 Å². The Hall–Kier alpha value is -2.55. The van der Waals surface area contributed by atoms with Crippen LogP contribution in [0.25, 0.3) is 0 Å². The van der Waals surface area contributed by atoms with Crippen LogP contribution in [0.2, 0.25) is 0 Å². The van der Waals surface area contributed by atoms with Crippen molar-refractivity contribution in [3.05, 3.63) is 78.4 Å². The third-order valence-corrected chi connectivity index (χ3v) is 2.77. The zero-order valence-electron chi connectivity index (χ0n) is 11.2. The fourth-order valence-corrected chi connectivity index (χ4v) is 1.66. The highest BCUT2D eigenvalue weighted by atomic mass is 16.5. The van der Waals surface area contributed by atoms with Crippen LogP contribution in [0.15, 0.2) is 72.8 Å². The van der Waals surface area contributed by atoms with E-state index in [1.165, 1.54) is 0 Å². The summed E-state index contributed by atoms with van der Waals surface area (Å²) in [6.45, 7) is 4.42. The predicted molar refractivity (Wildman–Crippen MR) is 79.4 cm³/mol. The van der Waals surface area contributed by atoms with Crippen LogP contribution in [0.3, 0.4) is 0 Å². The molecule has 0 bridgehead atoms. The van der Waals surface area contributed by atoms with Crippen molar-refractivity contribution in [2.45, 2.75) is 6.54 Å². The highest BCUT2D eigenvalue weighted by Gasteiger charge is 2.07. The molecule has 0 spiro atoms. The van der Waals surface area contributed by atoms with E-state index in [-0.39, 0.29) is 12.5 Å². The Kier molecular flexibility index (Phi) is 4.95. The van der Waals surface area contributed by atoms with Gasteiger partial charge in [-0.3, -0.25) is 4.79 Å². The fraction of sp³-hybridized carbons (Fsp3) is 0.118. The van der Waals surface area contributed by atoms with Gasteiger partial charge in [-0.25, -0.2) is 0 Å². The van der Waals surface area contributed by atoms with Gasteiger partial charge in [-0.05, 0) is 17.7 Å². The monoisotopic (exact) mass is 267 g/mol. The molecule has 0 aliphatic carbocycles. The molecule has 3 nitrogen and oxygen atoms in total. The fourth-order valence-electron chi connectivity index (χ4n) is 1.66. The van der Waals surface area contributed by atoms with E-state index in [1.54, 1.807) is 0 Å². The number of benzene rings is 2. The van der Waals surface area contributed by atoms with Gasteiger partial charge in [0.25, 0.3) is 0 Å². The molecule has 0 saturated carbocycles. The average molecular weight is 267 g/mol. The molecule has 2 aromatic carbocycles. The smallest absolute Gasteiger partial charge is 0.250 e. The Bertz CT molecular complexity index is 511. The Morgan fingerprint density at radius 3 is 2.25 bits per heavy atom. The molecule has 0 saturated heterocycles. The van der Waals surface area contributed by atoms with Gasteiger partial charge >= 0.3 is 0 Å². The second kappa shape index (κ2) is 7.14. The Morgan fingerprint density at radius 1 is 1.00 bits per heavy atom. The quantitative estimate of drug-likeness (QED) is 0.817. The van der Waals surface area contributed by atoms with E-state index in [4.69, 9.17) is 4.74 Å². The Balaban J connectivity index is 1.76. The maximum Gasteiger partial charge on any atom is 0.250 e. The first-order valence-corrected chi connectivity index (χ1v) is 6.43. The lowest BCUT2D eigenvalue weighted by Gasteiger charge is -2.09. The average Bonchev–Trinajstić information content (AvgIpc) is 2.52. The molecule has 3 heteroatoms. The van der Waals surface area contributed by atoms with Gasteiger partial charge in [-0.1, -0.05) is 55.1 Å². The van der Waals surface area contributed by atoms with E-state index in [2.05, 4.69) is 11.9 Å². The summed E-state index contributed by atoms with van der Waals surface area (Å²) >= 11 is 0. The van der Waals surface area contributed by atoms with E-state index in [9.17, 15) is 4.79 Å². The van der Waals surface area contributed by atoms with Crippen LogP contribution in [-0.2, 0) is 11.3 Å². The summed E-state index contributed by atoms with van der Waals surface area (Å²) in [5.41, 5.74) is 1.46. The van der Waals surface area contributed by atoms with Crippen molar-refractivity contribution in [2.24, 2.45) is 0 Å². The van der Waals surface area contributed by atoms with Gasteiger partial charge in [0.2, 0.25) is 5.91 Å². The van der Waals surface area contributed by atoms with Gasteiger partial charge in [0, 0.05) is 12.1 Å². The number of hydrogen-bond acceptors (Lipinski definition) is 2. The molecule has 1 amide bonds. The standard InChI is InChI=1S/C17H17NO2/c1-14(13-20-16-10-6-3-7-11-16)17(19)18-12-15-8-4-2-5-9-15/h2-11H,1,12-13H2,(H,18,19). The van der Waals surface area contributed by atoms with Crippen LogP contribution in [-0.4, -0.2) is 12.5 Å². The first kappa shape index (κ1) is 13.9. The number of amides is 1. The summed E-state index contributed by atoms with van der Waals surface area (Å²) in [4.78, 5) is 11.8. The number of rotatable bonds is 6. The lowest BCUT2D eigenvalue weighted by atomic mass is 10.2. The minimum Gasteiger partial charge on any atom is -0.489 e. The molecule has 0 radical (unpaired) electrons. The van der Waals surface area contributed by atoms with Crippen molar-refractivity contribution in [2.75, 3.05) is 6.61 Å². The second-order valence-corrected chi connectivity index (χ2v) is 4.37. The van der Waals surface area contributed by atoms with Gasteiger partial charge in [-0.15, -0.1) is 0 Å². The zero-order valence-corrected chi connectivity index (χ0v) is 11.2. The Labute approximate surface area is 118 Å². The minimum atomic E-state index is -0.190. The predicted octanol–water partition coefficient (Wildman–Crippen LogP) is 2.94. The highest BCUT2D eigenvalue weighted by Crippen LogP contribution is 2.09. The van der Waals surface area contributed by atoms with Gasteiger partial charge in [0.15, 0.2) is 0 Å². The van der Waals surface area contributed by atoms with Gasteiger partial charge < -0.3 is 10.1 Å². The molecule has 0 atom stereocenters. The van der Waals surface area contributed by atoms with Crippen molar-refractivity contribution in [3.8, 4) is 5.75 Å². The number of ether oxygens (including phenoxy) is 1. The highest BCUT2D eigenvalue weighted by molar-refractivity contribution is 5.92. The van der Waals surface area contributed by atoms with Crippen LogP contribution >= 0.6 is 0 Å². The van der Waals surface area contributed by atoms with E-state index >= 15 is 0 Å². The summed E-state index contributed by atoms with van der Waals surface area (Å²) in [6.07, 6.45) is 0. The van der Waals surface area contributed by atoms with Gasteiger partial charge in [-0.2, -0.15) is 0 Å². The molecule has 0 aliphatic heterocycles. The summed E-state index contributed by atoms with van der Waals surface area (Å²) in [7, 11) is 0. The van der Waals surface area contributed by atoms with Crippen LogP contribution in [0.4, 0.5) is 0 Å². The van der Waals surface area contributed by atoms with E-state index in [0.29, 0.717) is 12.1 Å². The molecule has 102 valence electrons. The third kappa shape index (κ3) is 4.28. The molecule has 1 N–H and O–H groups in total. The van der Waals surface area contributed by atoms with Crippen molar-refractivity contribution >= 4 is 5.91 Å². The molecular weight excluding hydrogens is 250 g/mol. The minimum absolute atomic E-state index is 0.185. The number of nitrogens with one attached hydrogen (secondary N) is 1. The van der Waals surface area contributed by atoms with E-state index in [0.717, 1.165) is 11.3 Å². The first-order chi connectivity index (χ1) is 9.75. The summed E-state index contributed by atoms with van der Waals surface area (Å²) in [6, 6.07) is 19.1. The molecule has 2 aromatic rings. The van der Waals surface area contributed by atoms with E-state index < -0.39 is 0 Å². The number of carbonyl (C=O) groups excluding carboxylic acids is 1. The number of para-hydroxylation sites is 1. The molecule has 0 unspecified atom stereocenters. The molecular formula is C17H17NO2. The first-order valence-electron chi connectivity index (χ1n) is 6.43. The zero-order chi connectivity index (χ0) is 14.2. The molecule has 0 heterocycles. The van der Waals surface area contributed by atoms with Crippen molar-refractivity contribution < 1.29 is 9.53 Å². The second-order valence-electron chi connectivity index (χ2n) is 4.37. The lowest BCUT2D eigenvalue weighted by Crippen LogP contribution is -2.26. The molecule has 2 rings (SSSR count). The van der Waals surface area contributed by atoms with Crippen LogP contribution in [0, 0.1) is 0 Å². The molecule has 0 aliphatic rings. The van der Waals surface area contributed by atoms with Gasteiger partial charge in [0.05, 0.1) is 0 Å². The largest absolute Gasteiger partial charge is 0.489 e. The van der Waals surface area contributed by atoms with Crippen molar-refractivity contribution in [3.63, 3.8) is 0 Å².